The Bertz CT molecular complexity index is 348. The first-order chi connectivity index (χ1) is 8.33. The zero-order valence-electron chi connectivity index (χ0n) is 10.5. The average Bonchev–Trinajstić information content (AvgIpc) is 2.38. The minimum absolute atomic E-state index is 0.253. The van der Waals surface area contributed by atoms with E-state index in [1.54, 1.807) is 0 Å². The van der Waals surface area contributed by atoms with Gasteiger partial charge in [-0.05, 0) is 24.5 Å². The summed E-state index contributed by atoms with van der Waals surface area (Å²) in [5.41, 5.74) is 2.69. The van der Waals surface area contributed by atoms with Crippen LogP contribution in [0.2, 0.25) is 0 Å². The second-order valence-electron chi connectivity index (χ2n) is 4.67. The van der Waals surface area contributed by atoms with Crippen molar-refractivity contribution in [3.8, 4) is 0 Å². The minimum Gasteiger partial charge on any atom is -0.396 e. The number of rotatable bonds is 4. The van der Waals surface area contributed by atoms with E-state index >= 15 is 0 Å². The highest BCUT2D eigenvalue weighted by Crippen LogP contribution is 2.26. The van der Waals surface area contributed by atoms with Crippen molar-refractivity contribution in [2.45, 2.75) is 19.4 Å². The normalized spacial score (nSPS) is 19.2. The minimum atomic E-state index is 0.253. The van der Waals surface area contributed by atoms with Crippen LogP contribution >= 0.6 is 0 Å². The van der Waals surface area contributed by atoms with Crippen LogP contribution in [0.15, 0.2) is 24.3 Å². The van der Waals surface area contributed by atoms with Crippen molar-refractivity contribution in [2.75, 3.05) is 32.8 Å². The van der Waals surface area contributed by atoms with E-state index in [9.17, 15) is 5.11 Å². The number of nitrogens with zero attached hydrogens (tertiary/aromatic N) is 1. The highest BCUT2D eigenvalue weighted by molar-refractivity contribution is 5.29. The van der Waals surface area contributed by atoms with E-state index in [0.717, 1.165) is 32.6 Å². The predicted octanol–water partition coefficient (Wildman–Crippen LogP) is 1.32. The molecule has 2 rings (SSSR count). The van der Waals surface area contributed by atoms with Crippen molar-refractivity contribution >= 4 is 0 Å². The number of nitrogens with one attached hydrogen (secondary N) is 1. The summed E-state index contributed by atoms with van der Waals surface area (Å²) in [6.07, 6.45) is 0.824. The van der Waals surface area contributed by atoms with Crippen LogP contribution in [0.5, 0.6) is 0 Å². The molecule has 0 spiro atoms. The van der Waals surface area contributed by atoms with Crippen LogP contribution in [-0.2, 0) is 0 Å². The van der Waals surface area contributed by atoms with Crippen molar-refractivity contribution in [1.29, 1.82) is 0 Å². The maximum atomic E-state index is 9.28. The fourth-order valence-electron chi connectivity index (χ4n) is 2.61. The largest absolute Gasteiger partial charge is 0.396 e. The van der Waals surface area contributed by atoms with E-state index in [-0.39, 0.29) is 6.61 Å². The molecular weight excluding hydrogens is 212 g/mol. The Morgan fingerprint density at radius 2 is 2.00 bits per heavy atom. The molecule has 2 N–H and O–H groups in total. The van der Waals surface area contributed by atoms with Crippen LogP contribution in [0.4, 0.5) is 0 Å². The molecular formula is C14H22N2O. The first-order valence-electron chi connectivity index (χ1n) is 6.44. The first kappa shape index (κ1) is 12.6. The van der Waals surface area contributed by atoms with Crippen molar-refractivity contribution < 1.29 is 5.11 Å². The average molecular weight is 234 g/mol. The monoisotopic (exact) mass is 234 g/mol. The third kappa shape index (κ3) is 3.06. The lowest BCUT2D eigenvalue weighted by Crippen LogP contribution is -2.45. The number of aryl methyl sites for hydroxylation is 1. The van der Waals surface area contributed by atoms with Gasteiger partial charge in [0.2, 0.25) is 0 Å². The van der Waals surface area contributed by atoms with Crippen LogP contribution in [0.1, 0.15) is 23.6 Å². The molecule has 1 fully saturated rings. The summed E-state index contributed by atoms with van der Waals surface area (Å²) in [6, 6.07) is 8.88. The third-order valence-corrected chi connectivity index (χ3v) is 3.54. The zero-order valence-corrected chi connectivity index (χ0v) is 10.5. The molecule has 0 saturated carbocycles. The Morgan fingerprint density at radius 1 is 1.29 bits per heavy atom. The van der Waals surface area contributed by atoms with Crippen LogP contribution in [-0.4, -0.2) is 42.8 Å². The van der Waals surface area contributed by atoms with Gasteiger partial charge < -0.3 is 10.4 Å². The number of piperazine rings is 1. The summed E-state index contributed by atoms with van der Waals surface area (Å²) in [7, 11) is 0. The van der Waals surface area contributed by atoms with Crippen molar-refractivity contribution in [3.05, 3.63) is 35.4 Å². The lowest BCUT2D eigenvalue weighted by atomic mass is 9.97. The summed E-state index contributed by atoms with van der Waals surface area (Å²) in [5, 5.41) is 12.7. The third-order valence-electron chi connectivity index (χ3n) is 3.54. The Balaban J connectivity index is 2.18. The summed E-state index contributed by atoms with van der Waals surface area (Å²) in [6.45, 7) is 6.64. The molecule has 0 unspecified atom stereocenters. The van der Waals surface area contributed by atoms with Crippen molar-refractivity contribution in [3.63, 3.8) is 0 Å². The van der Waals surface area contributed by atoms with Crippen LogP contribution in [0.3, 0.4) is 0 Å². The standard InChI is InChI=1S/C14H22N2O/c1-12-4-2-3-5-13(12)14(6-11-17)16-9-7-15-8-10-16/h2-5,14-15,17H,6-11H2,1H3/t14-/m1/s1. The Kier molecular flexibility index (Phi) is 4.54. The molecule has 1 atom stereocenters. The number of aliphatic hydroxyl groups is 1. The second-order valence-corrected chi connectivity index (χ2v) is 4.67. The second kappa shape index (κ2) is 6.15. The summed E-state index contributed by atoms with van der Waals surface area (Å²) in [4.78, 5) is 2.48. The van der Waals surface area contributed by atoms with Gasteiger partial charge in [-0.25, -0.2) is 0 Å². The Hall–Kier alpha value is -0.900. The van der Waals surface area contributed by atoms with Gasteiger partial charge in [0.25, 0.3) is 0 Å². The molecule has 1 heterocycles. The van der Waals surface area contributed by atoms with Gasteiger partial charge in [0.15, 0.2) is 0 Å². The number of hydrogen-bond donors (Lipinski definition) is 2. The van der Waals surface area contributed by atoms with Gasteiger partial charge in [-0.3, -0.25) is 4.90 Å². The van der Waals surface area contributed by atoms with Gasteiger partial charge in [-0.15, -0.1) is 0 Å². The molecule has 1 saturated heterocycles. The van der Waals surface area contributed by atoms with E-state index in [1.807, 2.05) is 0 Å². The van der Waals surface area contributed by atoms with E-state index in [0.29, 0.717) is 6.04 Å². The molecule has 1 aliphatic heterocycles. The molecule has 1 aliphatic rings. The van der Waals surface area contributed by atoms with Crippen LogP contribution < -0.4 is 5.32 Å². The van der Waals surface area contributed by atoms with E-state index < -0.39 is 0 Å². The van der Waals surface area contributed by atoms with E-state index in [2.05, 4.69) is 41.4 Å². The molecule has 3 nitrogen and oxygen atoms in total. The van der Waals surface area contributed by atoms with Gasteiger partial charge in [-0.1, -0.05) is 24.3 Å². The zero-order chi connectivity index (χ0) is 12.1. The van der Waals surface area contributed by atoms with Crippen molar-refractivity contribution in [2.24, 2.45) is 0 Å². The van der Waals surface area contributed by atoms with Gasteiger partial charge in [-0.2, -0.15) is 0 Å². The maximum Gasteiger partial charge on any atom is 0.0449 e. The fourth-order valence-corrected chi connectivity index (χ4v) is 2.61. The van der Waals surface area contributed by atoms with E-state index in [1.165, 1.54) is 11.1 Å². The molecule has 0 amide bonds. The molecule has 0 aromatic heterocycles. The van der Waals surface area contributed by atoms with Gasteiger partial charge in [0.1, 0.15) is 0 Å². The lowest BCUT2D eigenvalue weighted by molar-refractivity contribution is 0.140. The molecule has 0 aliphatic carbocycles. The molecule has 1 aromatic rings. The fraction of sp³-hybridized carbons (Fsp3) is 0.571. The number of aliphatic hydroxyl groups excluding tert-OH is 1. The molecule has 1 aromatic carbocycles. The Morgan fingerprint density at radius 3 is 2.65 bits per heavy atom. The smallest absolute Gasteiger partial charge is 0.0449 e. The Labute approximate surface area is 103 Å². The molecule has 0 radical (unpaired) electrons. The highest BCUT2D eigenvalue weighted by atomic mass is 16.3. The highest BCUT2D eigenvalue weighted by Gasteiger charge is 2.22. The quantitative estimate of drug-likeness (QED) is 0.825. The first-order valence-corrected chi connectivity index (χ1v) is 6.44. The SMILES string of the molecule is Cc1ccccc1[C@@H](CCO)N1CCNCC1. The molecule has 17 heavy (non-hydrogen) atoms. The topological polar surface area (TPSA) is 35.5 Å². The van der Waals surface area contributed by atoms with Gasteiger partial charge >= 0.3 is 0 Å². The molecule has 0 bridgehead atoms. The number of hydrogen-bond acceptors (Lipinski definition) is 3. The van der Waals surface area contributed by atoms with Gasteiger partial charge in [0.05, 0.1) is 0 Å². The van der Waals surface area contributed by atoms with Gasteiger partial charge in [0, 0.05) is 38.8 Å². The molecule has 94 valence electrons. The maximum absolute atomic E-state index is 9.28. The van der Waals surface area contributed by atoms with Crippen LogP contribution in [0.25, 0.3) is 0 Å². The summed E-state index contributed by atoms with van der Waals surface area (Å²) < 4.78 is 0. The summed E-state index contributed by atoms with van der Waals surface area (Å²) >= 11 is 0. The molecule has 3 heteroatoms. The predicted molar refractivity (Wildman–Crippen MR) is 70.1 cm³/mol. The van der Waals surface area contributed by atoms with E-state index in [4.69, 9.17) is 0 Å². The summed E-state index contributed by atoms with van der Waals surface area (Å²) in [5.74, 6) is 0. The number of benzene rings is 1. The van der Waals surface area contributed by atoms with Crippen LogP contribution in [0, 0.1) is 6.92 Å². The lowest BCUT2D eigenvalue weighted by Gasteiger charge is -2.35. The van der Waals surface area contributed by atoms with Crippen molar-refractivity contribution in [1.82, 2.24) is 10.2 Å².